The van der Waals surface area contributed by atoms with Gasteiger partial charge in [0, 0.05) is 13.7 Å². The average Bonchev–Trinajstić information content (AvgIpc) is 2.48. The van der Waals surface area contributed by atoms with E-state index >= 15 is 0 Å². The van der Waals surface area contributed by atoms with Gasteiger partial charge in [-0.2, -0.15) is 13.2 Å². The van der Waals surface area contributed by atoms with Crippen LogP contribution < -0.4 is 9.09 Å². The molecule has 21 heavy (non-hydrogen) atoms. The predicted molar refractivity (Wildman–Crippen MR) is 74.8 cm³/mol. The molecule has 5 nitrogen and oxygen atoms in total. The van der Waals surface area contributed by atoms with E-state index in [0.717, 1.165) is 18.7 Å². The van der Waals surface area contributed by atoms with Crippen LogP contribution in [0.4, 0.5) is 13.2 Å². The second kappa shape index (κ2) is 9.16. The number of ether oxygens (including phenoxy) is 1. The number of alkyl halides is 3. The van der Waals surface area contributed by atoms with E-state index in [9.17, 15) is 13.2 Å². The molecule has 0 fully saturated rings. The molecule has 114 valence electrons. The van der Waals surface area contributed by atoms with E-state index < -0.39 is 11.7 Å². The van der Waals surface area contributed by atoms with Gasteiger partial charge in [-0.25, -0.2) is 0 Å². The van der Waals surface area contributed by atoms with Gasteiger partial charge < -0.3 is 9.57 Å². The van der Waals surface area contributed by atoms with Crippen molar-refractivity contribution >= 4 is 25.5 Å². The average molecular weight is 356 g/mol. The molecule has 0 saturated carbocycles. The molecule has 0 spiro atoms. The first kappa shape index (κ1) is 18.1. The molecule has 1 heterocycles. The molecule has 0 aliphatic carbocycles. The highest BCUT2D eigenvalue weighted by atomic mass is 31.1. The molecule has 11 heteroatoms. The maximum absolute atomic E-state index is 12.4. The summed E-state index contributed by atoms with van der Waals surface area (Å²) in [5, 5.41) is 0. The maximum atomic E-state index is 12.4. The predicted octanol–water partition coefficient (Wildman–Crippen LogP) is 4.02. The summed E-state index contributed by atoms with van der Waals surface area (Å²) in [4.78, 5) is 5.21. The van der Waals surface area contributed by atoms with Crippen molar-refractivity contribution in [2.75, 3.05) is 13.7 Å². The van der Waals surface area contributed by atoms with Gasteiger partial charge in [0.2, 0.25) is 0 Å². The summed E-state index contributed by atoms with van der Waals surface area (Å²) in [6.07, 6.45) is -4.37. The van der Waals surface area contributed by atoms with Crippen LogP contribution in [0.1, 0.15) is 12.5 Å². The van der Waals surface area contributed by atoms with E-state index in [-0.39, 0.29) is 5.75 Å². The molecule has 2 rings (SSSR count). The summed E-state index contributed by atoms with van der Waals surface area (Å²) in [5.41, 5.74) is -0.743. The fourth-order valence-electron chi connectivity index (χ4n) is 1.000. The molecule has 2 aromatic rings. The molecule has 0 aliphatic rings. The van der Waals surface area contributed by atoms with Gasteiger partial charge in [0.15, 0.2) is 5.75 Å². The molecule has 0 radical (unpaired) electrons. The monoisotopic (exact) mass is 356 g/mol. The smallest absolute Gasteiger partial charge is 0.385 e. The Kier molecular flexibility index (Phi) is 7.91. The lowest BCUT2D eigenvalue weighted by atomic mass is 10.2. The van der Waals surface area contributed by atoms with Crippen molar-refractivity contribution < 1.29 is 27.0 Å². The summed E-state index contributed by atoms with van der Waals surface area (Å²) in [5.74, 6) is 0.115. The number of benzene rings is 1. The molecule has 0 saturated heterocycles. The van der Waals surface area contributed by atoms with Crippen LogP contribution in [0.5, 0.6) is 5.75 Å². The van der Waals surface area contributed by atoms with Gasteiger partial charge in [-0.15, -0.1) is 0 Å². The summed E-state index contributed by atoms with van der Waals surface area (Å²) >= 11 is 0. The number of hydrogen-bond donors (Lipinski definition) is 0. The molecular weight excluding hydrogens is 344 g/mol. The van der Waals surface area contributed by atoms with Crippen LogP contribution >= 0.6 is 25.5 Å². The van der Waals surface area contributed by atoms with Gasteiger partial charge in [-0.1, -0.05) is 6.07 Å². The Morgan fingerprint density at radius 1 is 1.24 bits per heavy atom. The third kappa shape index (κ3) is 7.05. The minimum atomic E-state index is -4.37. The quantitative estimate of drug-likeness (QED) is 0.834. The fraction of sp³-hybridized carbons (Fsp3) is 0.400. The Hall–Kier alpha value is -0.930. The summed E-state index contributed by atoms with van der Waals surface area (Å²) in [6.45, 7) is 2.78. The Morgan fingerprint density at radius 2 is 1.86 bits per heavy atom. The summed E-state index contributed by atoms with van der Waals surface area (Å²) < 4.78 is 50.9. The zero-order valence-electron chi connectivity index (χ0n) is 11.2. The van der Waals surface area contributed by atoms with Crippen molar-refractivity contribution in [3.05, 3.63) is 29.8 Å². The van der Waals surface area contributed by atoms with Gasteiger partial charge in [0.05, 0.1) is 5.56 Å². The first-order valence-corrected chi connectivity index (χ1v) is 8.03. The van der Waals surface area contributed by atoms with Gasteiger partial charge in [0.25, 0.3) is 0 Å². The Morgan fingerprint density at radius 3 is 2.38 bits per heavy atom. The molecule has 1 aromatic heterocycles. The third-order valence-corrected chi connectivity index (χ3v) is 4.18. The summed E-state index contributed by atoms with van der Waals surface area (Å²) in [6, 6.07) is 4.68. The molecule has 1 aromatic carbocycles. The van der Waals surface area contributed by atoms with Gasteiger partial charge >= 0.3 is 31.7 Å². The minimum absolute atomic E-state index is 0.115. The third-order valence-electron chi connectivity index (χ3n) is 1.95. The zero-order valence-corrected chi connectivity index (χ0v) is 13.8. The number of nitrogens with zero attached hydrogens (tertiary/aromatic N) is 3. The number of hydrogen-bond acceptors (Lipinski definition) is 4. The molecule has 0 bridgehead atoms. The second-order valence-electron chi connectivity index (χ2n) is 3.39. The first-order chi connectivity index (χ1) is 9.97. The highest BCUT2D eigenvalue weighted by Crippen LogP contribution is 2.31. The van der Waals surface area contributed by atoms with Crippen LogP contribution in [0.2, 0.25) is 0 Å². The van der Waals surface area contributed by atoms with Crippen LogP contribution in [0.3, 0.4) is 0 Å². The van der Waals surface area contributed by atoms with Crippen molar-refractivity contribution in [2.24, 2.45) is 0 Å². The van der Waals surface area contributed by atoms with E-state index in [1.54, 1.807) is 7.11 Å². The van der Waals surface area contributed by atoms with Crippen LogP contribution in [-0.2, 0) is 10.9 Å². The Labute approximate surface area is 124 Å². The normalized spacial score (nSPS) is 11.7. The first-order valence-electron chi connectivity index (χ1n) is 5.63. The van der Waals surface area contributed by atoms with E-state index in [1.165, 1.54) is 16.4 Å². The van der Waals surface area contributed by atoms with Crippen molar-refractivity contribution in [3.63, 3.8) is 0 Å². The Balaban J connectivity index is 0.000000491. The molecule has 0 N–H and O–H groups in total. The highest BCUT2D eigenvalue weighted by molar-refractivity contribution is 7.39. The maximum Gasteiger partial charge on any atom is 0.416 e. The second-order valence-corrected chi connectivity index (χ2v) is 6.40. The Bertz CT molecular complexity index is 544. The van der Waals surface area contributed by atoms with E-state index in [2.05, 4.69) is 13.8 Å². The topological polar surface area (TPSA) is 48.1 Å². The molecule has 0 atom stereocenters. The number of aromatic nitrogens is 3. The molecule has 0 unspecified atom stereocenters. The fourth-order valence-corrected chi connectivity index (χ4v) is 3.35. The standard InChI is InChI=1S/C7H4F3N3OP3.C3H8O/c8-7(9,10)5-2-1-3-6(4-5)14-13-16-11-15-12-17-13;1-3-4-2/h1-4H;3H2,1-2H3/q+1;. The van der Waals surface area contributed by atoms with Crippen molar-refractivity contribution in [1.29, 1.82) is 0 Å². The van der Waals surface area contributed by atoms with Gasteiger partial charge in [-0.05, 0) is 38.4 Å². The minimum Gasteiger partial charge on any atom is -0.385 e. The van der Waals surface area contributed by atoms with E-state index in [1.807, 2.05) is 6.92 Å². The largest absolute Gasteiger partial charge is 0.416 e. The number of methoxy groups -OCH3 is 1. The van der Waals surface area contributed by atoms with Crippen molar-refractivity contribution in [1.82, 2.24) is 9.02 Å². The molecular formula is C10H12F3N3O2P3+. The van der Waals surface area contributed by atoms with E-state index in [0.29, 0.717) is 25.5 Å². The lowest BCUT2D eigenvalue weighted by Gasteiger charge is -2.07. The van der Waals surface area contributed by atoms with Crippen LogP contribution in [0, 0.1) is 0 Å². The lowest BCUT2D eigenvalue weighted by molar-refractivity contribution is -0.763. The SMILES string of the molecule is CCOC.FC(F)(F)c1cccc(O[n+]2pnpnp2)c1. The van der Waals surface area contributed by atoms with E-state index in [4.69, 9.17) is 4.84 Å². The zero-order chi connectivity index (χ0) is 15.7. The van der Waals surface area contributed by atoms with Crippen LogP contribution in [0.15, 0.2) is 24.3 Å². The molecule has 0 aliphatic heterocycles. The lowest BCUT2D eigenvalue weighted by Crippen LogP contribution is -2.31. The van der Waals surface area contributed by atoms with Gasteiger partial charge in [-0.3, -0.25) is 0 Å². The highest BCUT2D eigenvalue weighted by Gasteiger charge is 2.30. The number of rotatable bonds is 3. The summed E-state index contributed by atoms with van der Waals surface area (Å²) in [7, 11) is 3.33. The number of halogens is 3. The molecule has 0 amide bonds. The van der Waals surface area contributed by atoms with Gasteiger partial charge in [0.1, 0.15) is 0 Å². The van der Waals surface area contributed by atoms with Crippen LogP contribution in [0.25, 0.3) is 0 Å². The van der Waals surface area contributed by atoms with Crippen molar-refractivity contribution in [3.8, 4) is 5.75 Å². The van der Waals surface area contributed by atoms with Crippen molar-refractivity contribution in [2.45, 2.75) is 13.1 Å². The van der Waals surface area contributed by atoms with Crippen LogP contribution in [-0.4, -0.2) is 22.7 Å².